The molecule has 0 atom stereocenters. The third-order valence-electron chi connectivity index (χ3n) is 2.08. The van der Waals surface area contributed by atoms with Crippen molar-refractivity contribution in [3.8, 4) is 11.1 Å². The van der Waals surface area contributed by atoms with Gasteiger partial charge in [-0.15, -0.1) is 0 Å². The molecule has 0 N–H and O–H groups in total. The van der Waals surface area contributed by atoms with Gasteiger partial charge in [-0.1, -0.05) is 29.8 Å². The topological polar surface area (TPSA) is 0 Å². The van der Waals surface area contributed by atoms with Crippen LogP contribution < -0.4 is 0 Å². The van der Waals surface area contributed by atoms with Crippen molar-refractivity contribution in [1.29, 1.82) is 0 Å². The third kappa shape index (κ3) is 2.16. The van der Waals surface area contributed by atoms with Crippen molar-refractivity contribution < 1.29 is 8.78 Å². The average molecular weight is 225 g/mol. The zero-order chi connectivity index (χ0) is 10.8. The van der Waals surface area contributed by atoms with Crippen LogP contribution in [0, 0.1) is 11.6 Å². The first kappa shape index (κ1) is 10.1. The lowest BCUT2D eigenvalue weighted by atomic mass is 10.1. The van der Waals surface area contributed by atoms with E-state index in [9.17, 15) is 8.78 Å². The number of hydrogen-bond donors (Lipinski definition) is 0. The average Bonchev–Trinajstić information content (AvgIpc) is 2.22. The van der Waals surface area contributed by atoms with E-state index < -0.39 is 5.82 Å². The number of benzene rings is 2. The highest BCUT2D eigenvalue weighted by molar-refractivity contribution is 6.30. The maximum absolute atomic E-state index is 13.1. The Bertz CT molecular complexity index is 495. The van der Waals surface area contributed by atoms with Gasteiger partial charge in [0.25, 0.3) is 0 Å². The largest absolute Gasteiger partial charge is 0.207 e. The second kappa shape index (κ2) is 3.99. The van der Waals surface area contributed by atoms with Crippen molar-refractivity contribution >= 4 is 11.6 Å². The molecule has 0 aliphatic heterocycles. The van der Waals surface area contributed by atoms with Gasteiger partial charge in [-0.2, -0.15) is 0 Å². The van der Waals surface area contributed by atoms with Crippen LogP contribution in [-0.2, 0) is 0 Å². The SMILES string of the molecule is Fc1cccc(-c2ccc(Cl)c(F)c2)c1. The minimum Gasteiger partial charge on any atom is -0.207 e. The Balaban J connectivity index is 2.50. The molecule has 0 fully saturated rings. The molecule has 0 aliphatic rings. The predicted octanol–water partition coefficient (Wildman–Crippen LogP) is 4.29. The molecule has 0 unspecified atom stereocenters. The van der Waals surface area contributed by atoms with Gasteiger partial charge in [-0.3, -0.25) is 0 Å². The van der Waals surface area contributed by atoms with E-state index >= 15 is 0 Å². The maximum atomic E-state index is 13.1. The first-order valence-corrected chi connectivity index (χ1v) is 4.75. The van der Waals surface area contributed by atoms with Crippen molar-refractivity contribution in [3.63, 3.8) is 0 Å². The van der Waals surface area contributed by atoms with E-state index in [1.165, 1.54) is 24.3 Å². The fourth-order valence-corrected chi connectivity index (χ4v) is 1.46. The molecule has 0 radical (unpaired) electrons. The summed E-state index contributed by atoms with van der Waals surface area (Å²) in [5.41, 5.74) is 1.24. The number of halogens is 3. The molecule has 0 nitrogen and oxygen atoms in total. The highest BCUT2D eigenvalue weighted by Gasteiger charge is 2.03. The summed E-state index contributed by atoms with van der Waals surface area (Å²) in [7, 11) is 0. The van der Waals surface area contributed by atoms with Gasteiger partial charge in [-0.25, -0.2) is 8.78 Å². The van der Waals surface area contributed by atoms with E-state index in [0.717, 1.165) is 0 Å². The van der Waals surface area contributed by atoms with Gasteiger partial charge in [0.15, 0.2) is 0 Å². The first-order chi connectivity index (χ1) is 7.16. The van der Waals surface area contributed by atoms with E-state index in [2.05, 4.69) is 0 Å². The highest BCUT2D eigenvalue weighted by Crippen LogP contribution is 2.24. The summed E-state index contributed by atoms with van der Waals surface area (Å²) in [6.45, 7) is 0. The zero-order valence-corrected chi connectivity index (χ0v) is 8.43. The molecule has 0 aromatic heterocycles. The molecule has 0 amide bonds. The fraction of sp³-hybridized carbons (Fsp3) is 0. The van der Waals surface area contributed by atoms with Crippen LogP contribution in [0.15, 0.2) is 42.5 Å². The standard InChI is InChI=1S/C12H7ClF2/c13-11-5-4-9(7-12(11)15)8-2-1-3-10(14)6-8/h1-7H. The molecule has 0 spiro atoms. The van der Waals surface area contributed by atoms with Crippen molar-refractivity contribution in [1.82, 2.24) is 0 Å². The van der Waals surface area contributed by atoms with Crippen LogP contribution in [0.3, 0.4) is 0 Å². The van der Waals surface area contributed by atoms with E-state index in [-0.39, 0.29) is 10.8 Å². The van der Waals surface area contributed by atoms with Crippen molar-refractivity contribution in [2.24, 2.45) is 0 Å². The van der Waals surface area contributed by atoms with Crippen LogP contribution in [0.4, 0.5) is 8.78 Å². The minimum absolute atomic E-state index is 0.0650. The second-order valence-corrected chi connectivity index (χ2v) is 3.55. The van der Waals surface area contributed by atoms with Gasteiger partial charge < -0.3 is 0 Å². The third-order valence-corrected chi connectivity index (χ3v) is 2.38. The Morgan fingerprint density at radius 3 is 2.27 bits per heavy atom. The van der Waals surface area contributed by atoms with Gasteiger partial charge >= 0.3 is 0 Å². The lowest BCUT2D eigenvalue weighted by molar-refractivity contribution is 0.626. The molecule has 2 aromatic rings. The van der Waals surface area contributed by atoms with E-state index in [0.29, 0.717) is 11.1 Å². The molecule has 15 heavy (non-hydrogen) atoms. The lowest BCUT2D eigenvalue weighted by Gasteiger charge is -2.02. The van der Waals surface area contributed by atoms with Crippen LogP contribution in [0.1, 0.15) is 0 Å². The van der Waals surface area contributed by atoms with Crippen LogP contribution in [0.2, 0.25) is 5.02 Å². The lowest BCUT2D eigenvalue weighted by Crippen LogP contribution is -1.82. The fourth-order valence-electron chi connectivity index (χ4n) is 1.34. The van der Waals surface area contributed by atoms with Gasteiger partial charge in [0.05, 0.1) is 5.02 Å². The Hall–Kier alpha value is -1.41. The van der Waals surface area contributed by atoms with E-state index in [1.807, 2.05) is 0 Å². The molecule has 0 heterocycles. The molecule has 0 aliphatic carbocycles. The minimum atomic E-state index is -0.501. The maximum Gasteiger partial charge on any atom is 0.142 e. The van der Waals surface area contributed by atoms with Crippen molar-refractivity contribution in [2.75, 3.05) is 0 Å². The van der Waals surface area contributed by atoms with Gasteiger partial charge in [0.1, 0.15) is 11.6 Å². The molecule has 0 saturated heterocycles. The quantitative estimate of drug-likeness (QED) is 0.678. The van der Waals surface area contributed by atoms with Crippen LogP contribution >= 0.6 is 11.6 Å². The van der Waals surface area contributed by atoms with Crippen LogP contribution in [0.25, 0.3) is 11.1 Å². The van der Waals surface area contributed by atoms with E-state index in [1.54, 1.807) is 18.2 Å². The summed E-state index contributed by atoms with van der Waals surface area (Å²) in [4.78, 5) is 0. The van der Waals surface area contributed by atoms with Crippen molar-refractivity contribution in [2.45, 2.75) is 0 Å². The summed E-state index contributed by atoms with van der Waals surface area (Å²) < 4.78 is 26.1. The van der Waals surface area contributed by atoms with Gasteiger partial charge in [0.2, 0.25) is 0 Å². The summed E-state index contributed by atoms with van der Waals surface area (Å²) in [6, 6.07) is 10.4. The first-order valence-electron chi connectivity index (χ1n) is 4.38. The van der Waals surface area contributed by atoms with Crippen LogP contribution in [0.5, 0.6) is 0 Å². The molecular weight excluding hydrogens is 218 g/mol. The molecule has 2 rings (SSSR count). The van der Waals surface area contributed by atoms with Crippen molar-refractivity contribution in [3.05, 3.63) is 59.1 Å². The zero-order valence-electron chi connectivity index (χ0n) is 7.68. The summed E-state index contributed by atoms with van der Waals surface area (Å²) >= 11 is 5.55. The second-order valence-electron chi connectivity index (χ2n) is 3.14. The smallest absolute Gasteiger partial charge is 0.142 e. The molecule has 0 saturated carbocycles. The summed E-state index contributed by atoms with van der Waals surface area (Å²) in [6.07, 6.45) is 0. The molecule has 0 bridgehead atoms. The Morgan fingerprint density at radius 1 is 0.867 bits per heavy atom. The molecular formula is C12H7ClF2. The molecule has 2 aromatic carbocycles. The highest BCUT2D eigenvalue weighted by atomic mass is 35.5. The Labute approximate surface area is 91.1 Å². The Morgan fingerprint density at radius 2 is 1.60 bits per heavy atom. The monoisotopic (exact) mass is 224 g/mol. The number of rotatable bonds is 1. The number of hydrogen-bond acceptors (Lipinski definition) is 0. The molecule has 76 valence electrons. The van der Waals surface area contributed by atoms with Crippen LogP contribution in [-0.4, -0.2) is 0 Å². The van der Waals surface area contributed by atoms with E-state index in [4.69, 9.17) is 11.6 Å². The van der Waals surface area contributed by atoms with Gasteiger partial charge in [-0.05, 0) is 35.4 Å². The normalized spacial score (nSPS) is 10.3. The summed E-state index contributed by atoms with van der Waals surface area (Å²) in [5.74, 6) is -0.846. The van der Waals surface area contributed by atoms with Gasteiger partial charge in [0, 0.05) is 0 Å². The summed E-state index contributed by atoms with van der Waals surface area (Å²) in [5, 5.41) is 0.0650. The Kier molecular flexibility index (Phi) is 2.69. The predicted molar refractivity (Wildman–Crippen MR) is 56.8 cm³/mol. The molecule has 3 heteroatoms.